The van der Waals surface area contributed by atoms with Gasteiger partial charge < -0.3 is 15.1 Å². The summed E-state index contributed by atoms with van der Waals surface area (Å²) >= 11 is 0. The number of nitrogens with zero attached hydrogens (tertiary/aromatic N) is 3. The van der Waals surface area contributed by atoms with E-state index in [2.05, 4.69) is 17.1 Å². The molecule has 0 aromatic rings. The maximum atomic E-state index is 13.1. The highest BCUT2D eigenvalue weighted by molar-refractivity contribution is 6.07. The van der Waals surface area contributed by atoms with Crippen LogP contribution in [0.25, 0.3) is 0 Å². The van der Waals surface area contributed by atoms with Gasteiger partial charge in [-0.05, 0) is 38.6 Å². The molecule has 7 nitrogen and oxygen atoms in total. The van der Waals surface area contributed by atoms with Crippen molar-refractivity contribution in [2.75, 3.05) is 32.7 Å². The molecule has 3 fully saturated rings. The van der Waals surface area contributed by atoms with Crippen LogP contribution in [0.15, 0.2) is 0 Å². The third-order valence-electron chi connectivity index (χ3n) is 5.65. The summed E-state index contributed by atoms with van der Waals surface area (Å²) in [5.74, 6) is -0.0756. The lowest BCUT2D eigenvalue weighted by Crippen LogP contribution is -2.56. The number of carbonyl (C=O) groups excluding carboxylic acids is 3. The first-order valence-electron chi connectivity index (χ1n) is 9.10. The maximum Gasteiger partial charge on any atom is 0.325 e. The van der Waals surface area contributed by atoms with Crippen LogP contribution in [0.1, 0.15) is 46.0 Å². The van der Waals surface area contributed by atoms with Crippen LogP contribution in [0.5, 0.6) is 0 Å². The summed E-state index contributed by atoms with van der Waals surface area (Å²) in [5.41, 5.74) is -0.722. The number of hydrogen-bond acceptors (Lipinski definition) is 4. The fourth-order valence-corrected chi connectivity index (χ4v) is 4.24. The summed E-state index contributed by atoms with van der Waals surface area (Å²) in [6.07, 6.45) is 4.07. The van der Waals surface area contributed by atoms with Crippen LogP contribution in [0.4, 0.5) is 4.79 Å². The standard InChI is InChI=1S/C17H28N4O3/c1-3-8-19-10-6-17(7-11-19)15(23)21(16(24)18-17)14-5-4-9-20(12-14)13(2)22/h14H,3-12H2,1-2H3,(H,18,24)/t14-/m0/s1. The summed E-state index contributed by atoms with van der Waals surface area (Å²) in [6, 6.07) is -0.470. The van der Waals surface area contributed by atoms with E-state index in [1.54, 1.807) is 11.8 Å². The predicted octanol–water partition coefficient (Wildman–Crippen LogP) is 0.794. The SMILES string of the molecule is CCCN1CCC2(CC1)NC(=O)N([C@H]1CCCN(C(C)=O)C1)C2=O. The number of piperidine rings is 2. The first kappa shape index (κ1) is 17.2. The number of urea groups is 1. The summed E-state index contributed by atoms with van der Waals surface area (Å²) in [5, 5.41) is 2.98. The van der Waals surface area contributed by atoms with E-state index in [9.17, 15) is 14.4 Å². The molecule has 1 spiro atoms. The average Bonchev–Trinajstić information content (AvgIpc) is 2.80. The Morgan fingerprint density at radius 2 is 1.96 bits per heavy atom. The highest BCUT2D eigenvalue weighted by Gasteiger charge is 2.54. The van der Waals surface area contributed by atoms with Crippen molar-refractivity contribution in [2.24, 2.45) is 0 Å². The van der Waals surface area contributed by atoms with E-state index in [1.165, 1.54) is 4.90 Å². The Hall–Kier alpha value is -1.63. The third-order valence-corrected chi connectivity index (χ3v) is 5.65. The zero-order chi connectivity index (χ0) is 17.3. The van der Waals surface area contributed by atoms with Gasteiger partial charge in [-0.15, -0.1) is 0 Å². The Morgan fingerprint density at radius 3 is 2.58 bits per heavy atom. The van der Waals surface area contributed by atoms with Crippen molar-refractivity contribution in [1.82, 2.24) is 20.0 Å². The molecule has 7 heteroatoms. The van der Waals surface area contributed by atoms with Crippen LogP contribution in [-0.4, -0.2) is 76.8 Å². The van der Waals surface area contributed by atoms with Gasteiger partial charge in [0, 0.05) is 33.1 Å². The van der Waals surface area contributed by atoms with Crippen molar-refractivity contribution in [2.45, 2.75) is 57.5 Å². The highest BCUT2D eigenvalue weighted by Crippen LogP contribution is 2.32. The minimum absolute atomic E-state index is 0.00865. The van der Waals surface area contributed by atoms with Crippen LogP contribution < -0.4 is 5.32 Å². The van der Waals surface area contributed by atoms with Crippen molar-refractivity contribution in [1.29, 1.82) is 0 Å². The monoisotopic (exact) mass is 336 g/mol. The summed E-state index contributed by atoms with van der Waals surface area (Å²) in [6.45, 7) is 7.60. The van der Waals surface area contributed by atoms with Gasteiger partial charge in [0.05, 0.1) is 6.04 Å². The average molecular weight is 336 g/mol. The molecule has 0 aromatic carbocycles. The van der Waals surface area contributed by atoms with Crippen LogP contribution in [0, 0.1) is 0 Å². The largest absolute Gasteiger partial charge is 0.341 e. The molecule has 1 N–H and O–H groups in total. The molecule has 0 saturated carbocycles. The highest BCUT2D eigenvalue weighted by atomic mass is 16.2. The Balaban J connectivity index is 1.69. The zero-order valence-electron chi connectivity index (χ0n) is 14.7. The lowest BCUT2D eigenvalue weighted by Gasteiger charge is -2.39. The molecular weight excluding hydrogens is 308 g/mol. The Bertz CT molecular complexity index is 528. The minimum atomic E-state index is -0.722. The Labute approximate surface area is 143 Å². The lowest BCUT2D eigenvalue weighted by atomic mass is 9.87. The zero-order valence-corrected chi connectivity index (χ0v) is 14.7. The second-order valence-electron chi connectivity index (χ2n) is 7.29. The van der Waals surface area contributed by atoms with Gasteiger partial charge in [0.1, 0.15) is 5.54 Å². The molecule has 3 heterocycles. The predicted molar refractivity (Wildman–Crippen MR) is 89.3 cm³/mol. The number of amides is 4. The molecule has 3 rings (SSSR count). The van der Waals surface area contributed by atoms with Crippen molar-refractivity contribution in [3.63, 3.8) is 0 Å². The van der Waals surface area contributed by atoms with E-state index in [-0.39, 0.29) is 23.9 Å². The maximum absolute atomic E-state index is 13.1. The molecular formula is C17H28N4O3. The minimum Gasteiger partial charge on any atom is -0.341 e. The molecule has 24 heavy (non-hydrogen) atoms. The molecule has 0 aliphatic carbocycles. The number of hydrogen-bond donors (Lipinski definition) is 1. The number of imide groups is 1. The smallest absolute Gasteiger partial charge is 0.325 e. The Morgan fingerprint density at radius 1 is 1.25 bits per heavy atom. The van der Waals surface area contributed by atoms with Gasteiger partial charge >= 0.3 is 6.03 Å². The van der Waals surface area contributed by atoms with Crippen molar-refractivity contribution < 1.29 is 14.4 Å². The fourth-order valence-electron chi connectivity index (χ4n) is 4.24. The van der Waals surface area contributed by atoms with Gasteiger partial charge in [-0.1, -0.05) is 6.92 Å². The van der Waals surface area contributed by atoms with E-state index in [1.807, 2.05) is 0 Å². The van der Waals surface area contributed by atoms with Crippen LogP contribution in [-0.2, 0) is 9.59 Å². The quantitative estimate of drug-likeness (QED) is 0.774. The molecule has 4 amide bonds. The topological polar surface area (TPSA) is 73.0 Å². The second kappa shape index (κ2) is 6.70. The molecule has 0 aromatic heterocycles. The van der Waals surface area contributed by atoms with Crippen molar-refractivity contribution in [3.8, 4) is 0 Å². The molecule has 3 saturated heterocycles. The van der Waals surface area contributed by atoms with Crippen LogP contribution >= 0.6 is 0 Å². The third kappa shape index (κ3) is 3.01. The summed E-state index contributed by atoms with van der Waals surface area (Å²) in [7, 11) is 0. The van der Waals surface area contributed by atoms with Gasteiger partial charge in [0.2, 0.25) is 5.91 Å². The molecule has 0 radical (unpaired) electrons. The van der Waals surface area contributed by atoms with Crippen molar-refractivity contribution in [3.05, 3.63) is 0 Å². The number of rotatable bonds is 3. The number of carbonyl (C=O) groups is 3. The van der Waals surface area contributed by atoms with Gasteiger partial charge in [-0.2, -0.15) is 0 Å². The number of likely N-dealkylation sites (tertiary alicyclic amines) is 2. The van der Waals surface area contributed by atoms with Crippen molar-refractivity contribution >= 4 is 17.8 Å². The van der Waals surface area contributed by atoms with Crippen LogP contribution in [0.2, 0.25) is 0 Å². The van der Waals surface area contributed by atoms with Gasteiger partial charge in [-0.3, -0.25) is 14.5 Å². The normalized spacial score (nSPS) is 27.7. The number of nitrogens with one attached hydrogen (secondary N) is 1. The van der Waals surface area contributed by atoms with E-state index in [4.69, 9.17) is 0 Å². The summed E-state index contributed by atoms with van der Waals surface area (Å²) in [4.78, 5) is 42.7. The first-order chi connectivity index (χ1) is 11.5. The summed E-state index contributed by atoms with van der Waals surface area (Å²) < 4.78 is 0. The Kier molecular flexibility index (Phi) is 4.80. The first-order valence-corrected chi connectivity index (χ1v) is 9.10. The molecule has 134 valence electrons. The molecule has 0 bridgehead atoms. The lowest BCUT2D eigenvalue weighted by molar-refractivity contribution is -0.138. The van der Waals surface area contributed by atoms with Crippen LogP contribution in [0.3, 0.4) is 0 Å². The van der Waals surface area contributed by atoms with E-state index in [0.29, 0.717) is 25.9 Å². The fraction of sp³-hybridized carbons (Fsp3) is 0.824. The van der Waals surface area contributed by atoms with E-state index in [0.717, 1.165) is 38.9 Å². The van der Waals surface area contributed by atoms with Gasteiger partial charge in [0.25, 0.3) is 5.91 Å². The molecule has 0 unspecified atom stereocenters. The van der Waals surface area contributed by atoms with E-state index >= 15 is 0 Å². The second-order valence-corrected chi connectivity index (χ2v) is 7.29. The van der Waals surface area contributed by atoms with Gasteiger partial charge in [-0.25, -0.2) is 4.79 Å². The van der Waals surface area contributed by atoms with Gasteiger partial charge in [0.15, 0.2) is 0 Å². The van der Waals surface area contributed by atoms with E-state index < -0.39 is 5.54 Å². The molecule has 3 aliphatic heterocycles. The molecule has 1 atom stereocenters. The molecule has 3 aliphatic rings.